The number of carbonyl (C=O) groups excluding carboxylic acids is 2. The van der Waals surface area contributed by atoms with E-state index in [1.165, 1.54) is 0 Å². The summed E-state index contributed by atoms with van der Waals surface area (Å²) < 4.78 is 5.94. The minimum absolute atomic E-state index is 0.322. The maximum atomic E-state index is 13.1. The third-order valence-electron chi connectivity index (χ3n) is 6.36. The summed E-state index contributed by atoms with van der Waals surface area (Å²) >= 11 is 0. The molecule has 1 N–H and O–H groups in total. The maximum Gasteiger partial charge on any atom is 0.261 e. The van der Waals surface area contributed by atoms with Gasteiger partial charge in [-0.3, -0.25) is 19.6 Å². The van der Waals surface area contributed by atoms with Crippen molar-refractivity contribution in [3.05, 3.63) is 84.7 Å². The zero-order chi connectivity index (χ0) is 23.2. The molecule has 168 valence electrons. The first kappa shape index (κ1) is 20.2. The van der Waals surface area contributed by atoms with Crippen molar-refractivity contribution in [1.29, 1.82) is 0 Å². The van der Waals surface area contributed by atoms with Gasteiger partial charge in [0, 0.05) is 60.6 Å². The molecule has 1 aliphatic rings. The quantitative estimate of drug-likeness (QED) is 0.402. The van der Waals surface area contributed by atoms with Gasteiger partial charge < -0.3 is 9.13 Å². The van der Waals surface area contributed by atoms with Crippen LogP contribution in [0, 0.1) is 0 Å². The average Bonchev–Trinajstić information content (AvgIpc) is 3.61. The van der Waals surface area contributed by atoms with Crippen molar-refractivity contribution in [2.75, 3.05) is 0 Å². The lowest BCUT2D eigenvalue weighted by Gasteiger charge is -2.06. The second-order valence-electron chi connectivity index (χ2n) is 8.43. The van der Waals surface area contributed by atoms with Crippen molar-refractivity contribution in [3.63, 3.8) is 0 Å². The second kappa shape index (κ2) is 7.84. The van der Waals surface area contributed by atoms with E-state index in [4.69, 9.17) is 0 Å². The summed E-state index contributed by atoms with van der Waals surface area (Å²) in [5.74, 6) is -0.808. The Morgan fingerprint density at radius 1 is 0.882 bits per heavy atom. The van der Waals surface area contributed by atoms with E-state index in [1.807, 2.05) is 78.9 Å². The van der Waals surface area contributed by atoms with Crippen LogP contribution in [0.2, 0.25) is 0 Å². The molecule has 0 atom stereocenters. The van der Waals surface area contributed by atoms with Crippen molar-refractivity contribution >= 4 is 44.8 Å². The van der Waals surface area contributed by atoms with Gasteiger partial charge in [-0.15, -0.1) is 0 Å². The van der Waals surface area contributed by atoms with Crippen LogP contribution >= 0.6 is 0 Å². The van der Waals surface area contributed by atoms with Crippen LogP contribution in [0.25, 0.3) is 33.0 Å². The first-order chi connectivity index (χ1) is 16.6. The molecule has 1 aliphatic heterocycles. The molecule has 8 nitrogen and oxygen atoms in total. The number of rotatable bonds is 6. The van der Waals surface area contributed by atoms with Gasteiger partial charge in [0.2, 0.25) is 0 Å². The number of amides is 2. The highest BCUT2D eigenvalue weighted by atomic mass is 16.2. The molecule has 3 aromatic heterocycles. The molecule has 6 rings (SSSR count). The van der Waals surface area contributed by atoms with E-state index in [0.29, 0.717) is 16.8 Å². The highest BCUT2D eigenvalue weighted by molar-refractivity contribution is 6.50. The molecule has 0 bridgehead atoms. The van der Waals surface area contributed by atoms with Gasteiger partial charge >= 0.3 is 0 Å². The number of nitrogens with one attached hydrogen (secondary N) is 1. The molecule has 0 radical (unpaired) electrons. The predicted molar refractivity (Wildman–Crippen MR) is 129 cm³/mol. The van der Waals surface area contributed by atoms with Crippen LogP contribution in [0.1, 0.15) is 17.7 Å². The second-order valence-corrected chi connectivity index (χ2v) is 8.43. The lowest BCUT2D eigenvalue weighted by atomic mass is 9.97. The van der Waals surface area contributed by atoms with Crippen LogP contribution in [0.15, 0.2) is 73.4 Å². The SMILES string of the molecule is Cn1nc(C2=C(c3cn(CCCn4ccnc4)c4ccccc34)C(=O)NC2=O)c2ccccc21. The van der Waals surface area contributed by atoms with E-state index >= 15 is 0 Å². The molecule has 4 heterocycles. The van der Waals surface area contributed by atoms with Crippen LogP contribution in [0.4, 0.5) is 0 Å². The number of imide groups is 1. The summed E-state index contributed by atoms with van der Waals surface area (Å²) in [6.45, 7) is 1.61. The number of fused-ring (bicyclic) bond motifs is 2. The molecule has 34 heavy (non-hydrogen) atoms. The molecule has 0 saturated carbocycles. The fraction of sp³-hybridized carbons (Fsp3) is 0.154. The van der Waals surface area contributed by atoms with Crippen LogP contribution < -0.4 is 5.32 Å². The van der Waals surface area contributed by atoms with Crippen LogP contribution in [0.5, 0.6) is 0 Å². The van der Waals surface area contributed by atoms with Gasteiger partial charge in [0.05, 0.1) is 23.0 Å². The molecule has 0 unspecified atom stereocenters. The lowest BCUT2D eigenvalue weighted by Crippen LogP contribution is -2.22. The molecule has 2 amide bonds. The van der Waals surface area contributed by atoms with E-state index < -0.39 is 11.8 Å². The lowest BCUT2D eigenvalue weighted by molar-refractivity contribution is -0.122. The van der Waals surface area contributed by atoms with Crippen molar-refractivity contribution in [2.24, 2.45) is 7.05 Å². The van der Waals surface area contributed by atoms with Gasteiger partial charge in [-0.05, 0) is 18.6 Å². The summed E-state index contributed by atoms with van der Waals surface area (Å²) in [6.07, 6.45) is 8.41. The smallest absolute Gasteiger partial charge is 0.261 e. The van der Waals surface area contributed by atoms with E-state index in [2.05, 4.69) is 20.0 Å². The number of carbonyl (C=O) groups is 2. The molecule has 0 spiro atoms. The topological polar surface area (TPSA) is 86.7 Å². The highest BCUT2D eigenvalue weighted by Crippen LogP contribution is 2.37. The number of para-hydroxylation sites is 2. The number of aromatic nitrogens is 5. The minimum Gasteiger partial charge on any atom is -0.347 e. The Labute approximate surface area is 195 Å². The van der Waals surface area contributed by atoms with E-state index in [9.17, 15) is 9.59 Å². The number of imidazole rings is 1. The molecule has 0 saturated heterocycles. The average molecular weight is 451 g/mol. The number of benzene rings is 2. The molecule has 5 aromatic rings. The van der Waals surface area contributed by atoms with Crippen molar-refractivity contribution in [3.8, 4) is 0 Å². The zero-order valence-electron chi connectivity index (χ0n) is 18.6. The molecular formula is C26H22N6O2. The Bertz CT molecular complexity index is 1600. The van der Waals surface area contributed by atoms with Crippen LogP contribution in [-0.4, -0.2) is 35.7 Å². The predicted octanol–water partition coefficient (Wildman–Crippen LogP) is 3.38. The molecular weight excluding hydrogens is 428 g/mol. The monoisotopic (exact) mass is 450 g/mol. The number of aryl methyl sites for hydroxylation is 3. The van der Waals surface area contributed by atoms with Crippen molar-refractivity contribution in [1.82, 2.24) is 29.2 Å². The van der Waals surface area contributed by atoms with Crippen molar-refractivity contribution in [2.45, 2.75) is 19.5 Å². The van der Waals surface area contributed by atoms with Gasteiger partial charge in [0.1, 0.15) is 5.69 Å². The summed E-state index contributed by atoms with van der Waals surface area (Å²) in [4.78, 5) is 30.2. The number of hydrogen-bond donors (Lipinski definition) is 1. The largest absolute Gasteiger partial charge is 0.347 e. The van der Waals surface area contributed by atoms with Gasteiger partial charge in [0.25, 0.3) is 11.8 Å². The molecule has 0 aliphatic carbocycles. The summed E-state index contributed by atoms with van der Waals surface area (Å²) in [7, 11) is 1.84. The molecule has 0 fully saturated rings. The highest BCUT2D eigenvalue weighted by Gasteiger charge is 2.36. The Balaban J connectivity index is 1.50. The Morgan fingerprint density at radius 2 is 1.62 bits per heavy atom. The fourth-order valence-electron chi connectivity index (χ4n) is 4.81. The number of nitrogens with zero attached hydrogens (tertiary/aromatic N) is 5. The third-order valence-corrected chi connectivity index (χ3v) is 6.36. The summed E-state index contributed by atoms with van der Waals surface area (Å²) in [5, 5.41) is 8.90. The Hall–Kier alpha value is -4.46. The first-order valence-electron chi connectivity index (χ1n) is 11.2. The zero-order valence-corrected chi connectivity index (χ0v) is 18.6. The minimum atomic E-state index is -0.416. The van der Waals surface area contributed by atoms with Gasteiger partial charge in [0.15, 0.2) is 0 Å². The van der Waals surface area contributed by atoms with E-state index in [1.54, 1.807) is 10.9 Å². The number of hydrogen-bond acceptors (Lipinski definition) is 4. The Morgan fingerprint density at radius 3 is 2.41 bits per heavy atom. The van der Waals surface area contributed by atoms with Crippen molar-refractivity contribution < 1.29 is 9.59 Å². The molecule has 2 aromatic carbocycles. The third kappa shape index (κ3) is 3.14. The van der Waals surface area contributed by atoms with E-state index in [0.717, 1.165) is 46.9 Å². The Kier molecular flexibility index (Phi) is 4.65. The van der Waals surface area contributed by atoms with E-state index in [-0.39, 0.29) is 0 Å². The standard InChI is InChI=1S/C26H22N6O2/c1-30-20-9-4-3-8-18(20)24(29-30)23-22(25(33)28-26(23)34)19-15-32(21-10-5-2-7-17(19)21)13-6-12-31-14-11-27-16-31/h2-5,7-11,14-16H,6,12-13H2,1H3,(H,28,33,34). The summed E-state index contributed by atoms with van der Waals surface area (Å²) in [5.41, 5.74) is 3.88. The van der Waals surface area contributed by atoms with Crippen LogP contribution in [0.3, 0.4) is 0 Å². The molecule has 8 heteroatoms. The first-order valence-corrected chi connectivity index (χ1v) is 11.2. The maximum absolute atomic E-state index is 13.1. The normalized spacial score (nSPS) is 14.0. The van der Waals surface area contributed by atoms with Crippen LogP contribution in [-0.2, 0) is 29.7 Å². The fourth-order valence-corrected chi connectivity index (χ4v) is 4.81. The van der Waals surface area contributed by atoms with Gasteiger partial charge in [-0.25, -0.2) is 4.98 Å². The van der Waals surface area contributed by atoms with Gasteiger partial charge in [-0.1, -0.05) is 36.4 Å². The van der Waals surface area contributed by atoms with Gasteiger partial charge in [-0.2, -0.15) is 5.10 Å². The summed E-state index contributed by atoms with van der Waals surface area (Å²) in [6, 6.07) is 15.7.